The highest BCUT2D eigenvalue weighted by Gasteiger charge is 2.17. The van der Waals surface area contributed by atoms with Crippen LogP contribution in [0.25, 0.3) is 0 Å². The molecule has 0 aromatic heterocycles. The van der Waals surface area contributed by atoms with Gasteiger partial charge in [0, 0.05) is 29.3 Å². The molecule has 0 saturated heterocycles. The number of nitrogens with zero attached hydrogens (tertiary/aromatic N) is 2. The number of anilines is 1. The summed E-state index contributed by atoms with van der Waals surface area (Å²) in [6.07, 6.45) is 0. The molecule has 4 nitrogen and oxygen atoms in total. The van der Waals surface area contributed by atoms with Gasteiger partial charge in [0.2, 0.25) is 0 Å². The summed E-state index contributed by atoms with van der Waals surface area (Å²) in [6.45, 7) is 7.39. The molecule has 1 aromatic carbocycles. The van der Waals surface area contributed by atoms with E-state index in [4.69, 9.17) is 10.9 Å². The molecule has 0 amide bonds. The van der Waals surface area contributed by atoms with E-state index in [1.54, 1.807) is 0 Å². The predicted molar refractivity (Wildman–Crippen MR) is 79.4 cm³/mol. The van der Waals surface area contributed by atoms with Gasteiger partial charge in [-0.1, -0.05) is 41.9 Å². The lowest BCUT2D eigenvalue weighted by atomic mass is 9.95. The molecular weight excluding hydrogens is 294 g/mol. The van der Waals surface area contributed by atoms with E-state index in [1.807, 2.05) is 25.2 Å². The minimum absolute atomic E-state index is 0.118. The van der Waals surface area contributed by atoms with Gasteiger partial charge in [-0.2, -0.15) is 0 Å². The third-order valence-electron chi connectivity index (χ3n) is 2.47. The third kappa shape index (κ3) is 3.91. The minimum atomic E-state index is 0.118. The molecule has 1 aromatic rings. The highest BCUT2D eigenvalue weighted by molar-refractivity contribution is 9.10. The van der Waals surface area contributed by atoms with E-state index < -0.39 is 0 Å². The van der Waals surface area contributed by atoms with E-state index in [2.05, 4.69) is 46.8 Å². The first-order valence-electron chi connectivity index (χ1n) is 5.73. The lowest BCUT2D eigenvalue weighted by Crippen LogP contribution is -2.31. The highest BCUT2D eigenvalue weighted by Crippen LogP contribution is 2.26. The molecule has 3 N–H and O–H groups in total. The number of amidine groups is 1. The average Bonchev–Trinajstić information content (AvgIpc) is 2.25. The molecule has 0 aliphatic carbocycles. The molecule has 0 aliphatic heterocycles. The zero-order valence-electron chi connectivity index (χ0n) is 11.2. The fourth-order valence-electron chi connectivity index (χ4n) is 1.90. The normalized spacial score (nSPS) is 12.6. The van der Waals surface area contributed by atoms with Gasteiger partial charge in [-0.25, -0.2) is 0 Å². The Kier molecular flexibility index (Phi) is 4.62. The second kappa shape index (κ2) is 5.61. The van der Waals surface area contributed by atoms with Crippen LogP contribution in [-0.4, -0.2) is 24.6 Å². The minimum Gasteiger partial charge on any atom is -0.409 e. The van der Waals surface area contributed by atoms with Gasteiger partial charge in [0.1, 0.15) is 0 Å². The quantitative estimate of drug-likeness (QED) is 0.390. The van der Waals surface area contributed by atoms with Gasteiger partial charge in [0.05, 0.1) is 0 Å². The van der Waals surface area contributed by atoms with Crippen molar-refractivity contribution in [3.05, 3.63) is 28.2 Å². The van der Waals surface area contributed by atoms with Crippen molar-refractivity contribution in [1.29, 1.82) is 0 Å². The second-order valence-electron chi connectivity index (χ2n) is 5.56. The van der Waals surface area contributed by atoms with E-state index in [0.29, 0.717) is 0 Å². The SMILES string of the molecule is CN(CC(C)(C)C)c1ccc(Br)cc1/C(N)=N/O. The van der Waals surface area contributed by atoms with Crippen molar-refractivity contribution in [1.82, 2.24) is 0 Å². The maximum absolute atomic E-state index is 8.85. The lowest BCUT2D eigenvalue weighted by molar-refractivity contribution is 0.318. The monoisotopic (exact) mass is 313 g/mol. The van der Waals surface area contributed by atoms with Crippen LogP contribution in [0, 0.1) is 5.41 Å². The van der Waals surface area contributed by atoms with Crippen LogP contribution in [-0.2, 0) is 0 Å². The summed E-state index contributed by atoms with van der Waals surface area (Å²) in [5.41, 5.74) is 7.56. The van der Waals surface area contributed by atoms with Crippen LogP contribution >= 0.6 is 15.9 Å². The second-order valence-corrected chi connectivity index (χ2v) is 6.48. The molecule has 0 atom stereocenters. The van der Waals surface area contributed by atoms with Gasteiger partial charge in [-0.05, 0) is 23.6 Å². The first-order valence-corrected chi connectivity index (χ1v) is 6.52. The van der Waals surface area contributed by atoms with Gasteiger partial charge < -0.3 is 15.8 Å². The molecule has 0 heterocycles. The maximum Gasteiger partial charge on any atom is 0.172 e. The third-order valence-corrected chi connectivity index (χ3v) is 2.96. The Labute approximate surface area is 117 Å². The Bertz CT molecular complexity index is 452. The molecule has 0 radical (unpaired) electrons. The van der Waals surface area contributed by atoms with Crippen LogP contribution in [0.2, 0.25) is 0 Å². The Hall–Kier alpha value is -1.23. The number of halogens is 1. The highest BCUT2D eigenvalue weighted by atomic mass is 79.9. The van der Waals surface area contributed by atoms with Gasteiger partial charge in [0.15, 0.2) is 5.84 Å². The molecule has 0 unspecified atom stereocenters. The molecular formula is C13H20BrN3O. The van der Waals surface area contributed by atoms with Crippen LogP contribution in [0.15, 0.2) is 27.8 Å². The van der Waals surface area contributed by atoms with E-state index in [9.17, 15) is 0 Å². The van der Waals surface area contributed by atoms with Crippen molar-refractivity contribution < 1.29 is 5.21 Å². The Balaban J connectivity index is 3.16. The van der Waals surface area contributed by atoms with E-state index in [-0.39, 0.29) is 11.3 Å². The Morgan fingerprint density at radius 3 is 2.56 bits per heavy atom. The largest absolute Gasteiger partial charge is 0.409 e. The molecule has 5 heteroatoms. The summed E-state index contributed by atoms with van der Waals surface area (Å²) in [5.74, 6) is 0.118. The molecule has 18 heavy (non-hydrogen) atoms. The van der Waals surface area contributed by atoms with E-state index in [0.717, 1.165) is 22.3 Å². The zero-order valence-corrected chi connectivity index (χ0v) is 12.8. The molecule has 0 spiro atoms. The van der Waals surface area contributed by atoms with Crippen molar-refractivity contribution in [3.8, 4) is 0 Å². The number of hydrogen-bond acceptors (Lipinski definition) is 3. The summed E-state index contributed by atoms with van der Waals surface area (Å²) >= 11 is 3.39. The van der Waals surface area contributed by atoms with Crippen LogP contribution < -0.4 is 10.6 Å². The number of benzene rings is 1. The summed E-state index contributed by atoms with van der Waals surface area (Å²) in [7, 11) is 2.00. The molecule has 0 saturated carbocycles. The summed E-state index contributed by atoms with van der Waals surface area (Å²) in [6, 6.07) is 5.76. The first-order chi connectivity index (χ1) is 8.24. The fourth-order valence-corrected chi connectivity index (χ4v) is 2.26. The van der Waals surface area contributed by atoms with Crippen LogP contribution in [0.4, 0.5) is 5.69 Å². The van der Waals surface area contributed by atoms with Crippen LogP contribution in [0.1, 0.15) is 26.3 Å². The molecule has 0 aliphatic rings. The van der Waals surface area contributed by atoms with Crippen molar-refractivity contribution in [2.45, 2.75) is 20.8 Å². The van der Waals surface area contributed by atoms with Crippen molar-refractivity contribution in [2.75, 3.05) is 18.5 Å². The summed E-state index contributed by atoms with van der Waals surface area (Å²) in [5, 5.41) is 11.9. The fraction of sp³-hybridized carbons (Fsp3) is 0.462. The topological polar surface area (TPSA) is 61.8 Å². The van der Waals surface area contributed by atoms with Gasteiger partial charge in [0.25, 0.3) is 0 Å². The Morgan fingerprint density at radius 1 is 1.44 bits per heavy atom. The van der Waals surface area contributed by atoms with Crippen molar-refractivity contribution >= 4 is 27.5 Å². The molecule has 1 rings (SSSR count). The molecule has 0 fully saturated rings. The summed E-state index contributed by atoms with van der Waals surface area (Å²) in [4.78, 5) is 2.11. The van der Waals surface area contributed by atoms with Gasteiger partial charge in [-0.15, -0.1) is 0 Å². The number of rotatable bonds is 3. The first kappa shape index (κ1) is 14.8. The van der Waals surface area contributed by atoms with E-state index >= 15 is 0 Å². The number of oxime groups is 1. The molecule has 0 bridgehead atoms. The van der Waals surface area contributed by atoms with Gasteiger partial charge >= 0.3 is 0 Å². The van der Waals surface area contributed by atoms with Gasteiger partial charge in [-0.3, -0.25) is 0 Å². The van der Waals surface area contributed by atoms with E-state index in [1.165, 1.54) is 0 Å². The lowest BCUT2D eigenvalue weighted by Gasteiger charge is -2.29. The van der Waals surface area contributed by atoms with Crippen LogP contribution in [0.3, 0.4) is 0 Å². The maximum atomic E-state index is 8.85. The smallest absolute Gasteiger partial charge is 0.172 e. The van der Waals surface area contributed by atoms with Crippen molar-refractivity contribution in [2.24, 2.45) is 16.3 Å². The standard InChI is InChI=1S/C13H20BrN3O/c1-13(2,3)8-17(4)11-6-5-9(14)7-10(11)12(15)16-18/h5-7,18H,8H2,1-4H3,(H2,15,16). The van der Waals surface area contributed by atoms with Crippen molar-refractivity contribution in [3.63, 3.8) is 0 Å². The number of hydrogen-bond donors (Lipinski definition) is 2. The molecule has 100 valence electrons. The summed E-state index contributed by atoms with van der Waals surface area (Å²) < 4.78 is 0.900. The number of nitrogens with two attached hydrogens (primary N) is 1. The van der Waals surface area contributed by atoms with Crippen LogP contribution in [0.5, 0.6) is 0 Å². The average molecular weight is 314 g/mol. The zero-order chi connectivity index (χ0) is 13.9. The predicted octanol–water partition coefficient (Wildman–Crippen LogP) is 3.03. The Morgan fingerprint density at radius 2 is 2.06 bits per heavy atom.